The van der Waals surface area contributed by atoms with Crippen LogP contribution in [0.25, 0.3) is 0 Å². The average Bonchev–Trinajstić information content (AvgIpc) is 2.36. The molecular weight excluding hydrogens is 281 g/mol. The van der Waals surface area contributed by atoms with Crippen LogP contribution in [0.15, 0.2) is 18.2 Å². The summed E-state index contributed by atoms with van der Waals surface area (Å²) in [5.41, 5.74) is 0.701. The molecule has 0 aliphatic rings. The monoisotopic (exact) mass is 303 g/mol. The quantitative estimate of drug-likeness (QED) is 0.800. The molecule has 6 heteroatoms. The van der Waals surface area contributed by atoms with Gasteiger partial charge in [0.1, 0.15) is 18.2 Å². The van der Waals surface area contributed by atoms with Gasteiger partial charge in [0.15, 0.2) is 9.84 Å². The van der Waals surface area contributed by atoms with E-state index in [1.807, 2.05) is 6.92 Å². The first kappa shape index (κ1) is 16.9. The zero-order valence-corrected chi connectivity index (χ0v) is 13.0. The van der Waals surface area contributed by atoms with Crippen LogP contribution in [0.1, 0.15) is 31.9 Å². The second-order valence-corrected chi connectivity index (χ2v) is 7.10. The lowest BCUT2D eigenvalue weighted by Gasteiger charge is -2.18. The van der Waals surface area contributed by atoms with E-state index in [-0.39, 0.29) is 24.2 Å². The maximum absolute atomic E-state index is 13.4. The van der Waals surface area contributed by atoms with Crippen molar-refractivity contribution in [1.82, 2.24) is 5.32 Å². The van der Waals surface area contributed by atoms with E-state index in [0.717, 1.165) is 19.2 Å². The largest absolute Gasteiger partial charge is 0.492 e. The van der Waals surface area contributed by atoms with Gasteiger partial charge in [-0.1, -0.05) is 6.92 Å². The summed E-state index contributed by atoms with van der Waals surface area (Å²) >= 11 is 0. The van der Waals surface area contributed by atoms with Crippen LogP contribution in [0.4, 0.5) is 4.39 Å². The van der Waals surface area contributed by atoms with Crippen LogP contribution in [0, 0.1) is 5.82 Å². The minimum atomic E-state index is -3.06. The molecule has 1 aromatic rings. The summed E-state index contributed by atoms with van der Waals surface area (Å²) < 4.78 is 41.0. The van der Waals surface area contributed by atoms with Gasteiger partial charge in [-0.05, 0) is 38.1 Å². The number of hydrogen-bond acceptors (Lipinski definition) is 4. The number of nitrogens with one attached hydrogen (secondary N) is 1. The van der Waals surface area contributed by atoms with Crippen molar-refractivity contribution in [3.63, 3.8) is 0 Å². The van der Waals surface area contributed by atoms with E-state index in [1.165, 1.54) is 18.2 Å². The van der Waals surface area contributed by atoms with Gasteiger partial charge in [0.2, 0.25) is 0 Å². The highest BCUT2D eigenvalue weighted by atomic mass is 32.2. The Morgan fingerprint density at radius 2 is 2.10 bits per heavy atom. The molecule has 0 spiro atoms. The van der Waals surface area contributed by atoms with E-state index >= 15 is 0 Å². The van der Waals surface area contributed by atoms with Gasteiger partial charge in [-0.2, -0.15) is 0 Å². The lowest BCUT2D eigenvalue weighted by molar-refractivity contribution is 0.332. The third kappa shape index (κ3) is 5.88. The van der Waals surface area contributed by atoms with Gasteiger partial charge >= 0.3 is 0 Å². The maximum atomic E-state index is 13.4. The molecule has 1 unspecified atom stereocenters. The van der Waals surface area contributed by atoms with Crippen molar-refractivity contribution in [2.75, 3.05) is 25.2 Å². The van der Waals surface area contributed by atoms with Crippen LogP contribution < -0.4 is 10.1 Å². The molecule has 1 N–H and O–H groups in total. The molecule has 0 bridgehead atoms. The number of hydrogen-bond donors (Lipinski definition) is 1. The first-order valence-corrected chi connectivity index (χ1v) is 8.73. The molecular formula is C14H22FNO3S. The van der Waals surface area contributed by atoms with Crippen LogP contribution >= 0.6 is 0 Å². The van der Waals surface area contributed by atoms with Crippen molar-refractivity contribution in [3.05, 3.63) is 29.6 Å². The van der Waals surface area contributed by atoms with E-state index in [2.05, 4.69) is 12.2 Å². The molecule has 0 heterocycles. The molecule has 0 aliphatic carbocycles. The Morgan fingerprint density at radius 3 is 2.70 bits per heavy atom. The highest BCUT2D eigenvalue weighted by molar-refractivity contribution is 7.90. The first-order chi connectivity index (χ1) is 9.33. The number of benzene rings is 1. The molecule has 1 aromatic carbocycles. The van der Waals surface area contributed by atoms with Crippen molar-refractivity contribution in [2.24, 2.45) is 0 Å². The third-order valence-corrected chi connectivity index (χ3v) is 3.76. The molecule has 0 saturated heterocycles. The van der Waals surface area contributed by atoms with Gasteiger partial charge < -0.3 is 10.1 Å². The number of ether oxygens (including phenoxy) is 1. The van der Waals surface area contributed by atoms with E-state index in [1.54, 1.807) is 0 Å². The Kier molecular flexibility index (Phi) is 6.42. The van der Waals surface area contributed by atoms with Crippen LogP contribution in [-0.2, 0) is 9.84 Å². The predicted molar refractivity (Wildman–Crippen MR) is 78.3 cm³/mol. The van der Waals surface area contributed by atoms with Crippen LogP contribution in [0.5, 0.6) is 5.75 Å². The van der Waals surface area contributed by atoms with Gasteiger partial charge in [-0.15, -0.1) is 0 Å². The van der Waals surface area contributed by atoms with Crippen molar-refractivity contribution in [2.45, 2.75) is 26.3 Å². The number of halogens is 1. The van der Waals surface area contributed by atoms with Crippen molar-refractivity contribution >= 4 is 9.84 Å². The number of sulfone groups is 1. The Hall–Kier alpha value is -1.14. The summed E-state index contributed by atoms with van der Waals surface area (Å²) in [6.07, 6.45) is 2.14. The third-order valence-electron chi connectivity index (χ3n) is 2.85. The molecule has 0 saturated carbocycles. The fraction of sp³-hybridized carbons (Fsp3) is 0.571. The van der Waals surface area contributed by atoms with Gasteiger partial charge in [0.25, 0.3) is 0 Å². The lowest BCUT2D eigenvalue weighted by Crippen LogP contribution is -2.21. The fourth-order valence-electron chi connectivity index (χ4n) is 1.76. The second-order valence-electron chi connectivity index (χ2n) is 4.84. The molecule has 1 rings (SSSR count). The molecule has 0 radical (unpaired) electrons. The number of rotatable bonds is 8. The summed E-state index contributed by atoms with van der Waals surface area (Å²) in [5.74, 6) is 0.132. The SMILES string of the molecule is CCCNC(C)c1cc(F)ccc1OCCS(C)(=O)=O. The Balaban J connectivity index is 2.79. The zero-order valence-electron chi connectivity index (χ0n) is 12.1. The van der Waals surface area contributed by atoms with E-state index in [9.17, 15) is 12.8 Å². The van der Waals surface area contributed by atoms with Crippen LogP contribution in [0.3, 0.4) is 0 Å². The van der Waals surface area contributed by atoms with Gasteiger partial charge in [0, 0.05) is 17.9 Å². The highest BCUT2D eigenvalue weighted by Gasteiger charge is 2.13. The lowest BCUT2D eigenvalue weighted by atomic mass is 10.1. The molecule has 4 nitrogen and oxygen atoms in total. The first-order valence-electron chi connectivity index (χ1n) is 6.67. The standard InChI is InChI=1S/C14H22FNO3S/c1-4-7-16-11(2)13-10-12(15)5-6-14(13)19-8-9-20(3,17)18/h5-6,10-11,16H,4,7-9H2,1-3H3. The minimum absolute atomic E-state index is 0.0550. The summed E-state index contributed by atoms with van der Waals surface area (Å²) in [5, 5.41) is 3.26. The zero-order chi connectivity index (χ0) is 15.2. The van der Waals surface area contributed by atoms with E-state index in [0.29, 0.717) is 11.3 Å². The maximum Gasteiger partial charge on any atom is 0.150 e. The Bertz CT molecular complexity index is 531. The average molecular weight is 303 g/mol. The second kappa shape index (κ2) is 7.59. The van der Waals surface area contributed by atoms with Crippen molar-refractivity contribution < 1.29 is 17.5 Å². The predicted octanol–water partition coefficient (Wildman–Crippen LogP) is 2.31. The summed E-state index contributed by atoms with van der Waals surface area (Å²) in [6, 6.07) is 4.21. The van der Waals surface area contributed by atoms with Crippen LogP contribution in [-0.4, -0.2) is 33.6 Å². The fourth-order valence-corrected chi connectivity index (χ4v) is 2.15. The van der Waals surface area contributed by atoms with E-state index in [4.69, 9.17) is 4.74 Å². The molecule has 1 atom stereocenters. The summed E-state index contributed by atoms with van der Waals surface area (Å²) in [7, 11) is -3.06. The normalized spacial score (nSPS) is 13.2. The summed E-state index contributed by atoms with van der Waals surface area (Å²) in [4.78, 5) is 0. The minimum Gasteiger partial charge on any atom is -0.492 e. The Morgan fingerprint density at radius 1 is 1.40 bits per heavy atom. The Labute approximate surface area is 120 Å². The molecule has 0 aliphatic heterocycles. The summed E-state index contributed by atoms with van der Waals surface area (Å²) in [6.45, 7) is 4.86. The molecule has 0 aromatic heterocycles. The van der Waals surface area contributed by atoms with Crippen LogP contribution in [0.2, 0.25) is 0 Å². The molecule has 0 amide bonds. The van der Waals surface area contributed by atoms with Gasteiger partial charge in [-0.25, -0.2) is 12.8 Å². The van der Waals surface area contributed by atoms with E-state index < -0.39 is 9.84 Å². The molecule has 20 heavy (non-hydrogen) atoms. The highest BCUT2D eigenvalue weighted by Crippen LogP contribution is 2.26. The smallest absolute Gasteiger partial charge is 0.150 e. The molecule has 114 valence electrons. The molecule has 0 fully saturated rings. The van der Waals surface area contributed by atoms with Gasteiger partial charge in [0.05, 0.1) is 5.75 Å². The topological polar surface area (TPSA) is 55.4 Å². The van der Waals surface area contributed by atoms with Crippen molar-refractivity contribution in [1.29, 1.82) is 0 Å². The van der Waals surface area contributed by atoms with Gasteiger partial charge in [-0.3, -0.25) is 0 Å². The van der Waals surface area contributed by atoms with Crippen molar-refractivity contribution in [3.8, 4) is 5.75 Å².